The highest BCUT2D eigenvalue weighted by Crippen LogP contribution is 2.39. The summed E-state index contributed by atoms with van der Waals surface area (Å²) in [5.74, 6) is 0.0146. The third-order valence-electron chi connectivity index (χ3n) is 6.04. The topological polar surface area (TPSA) is 56.6 Å². The van der Waals surface area contributed by atoms with Gasteiger partial charge in [0, 0.05) is 37.3 Å². The Morgan fingerprint density at radius 2 is 1.68 bits per heavy atom. The standard InChI is InChI=1S/C23H25N3O2/c24-18-19-5-4-6-20(17-19)22(27)25-11-9-23(10-12-25,21-7-2-1-3-8-21)26-13-15-28-16-14-26/h1-8,17H,9-16H2. The number of carbonyl (C=O) groups is 1. The van der Waals surface area contributed by atoms with E-state index in [1.807, 2.05) is 4.90 Å². The second-order valence-electron chi connectivity index (χ2n) is 7.48. The molecule has 1 amide bonds. The Morgan fingerprint density at radius 1 is 0.964 bits per heavy atom. The number of piperidine rings is 1. The van der Waals surface area contributed by atoms with Gasteiger partial charge in [0.1, 0.15) is 0 Å². The van der Waals surface area contributed by atoms with Crippen LogP contribution in [0.25, 0.3) is 0 Å². The van der Waals surface area contributed by atoms with Gasteiger partial charge in [0.25, 0.3) is 5.91 Å². The highest BCUT2D eigenvalue weighted by molar-refractivity contribution is 5.94. The fraction of sp³-hybridized carbons (Fsp3) is 0.391. The summed E-state index contributed by atoms with van der Waals surface area (Å²) in [7, 11) is 0. The Labute approximate surface area is 166 Å². The maximum atomic E-state index is 13.0. The van der Waals surface area contributed by atoms with Crippen molar-refractivity contribution in [1.29, 1.82) is 5.26 Å². The molecule has 2 saturated heterocycles. The van der Waals surface area contributed by atoms with Gasteiger partial charge < -0.3 is 9.64 Å². The van der Waals surface area contributed by atoms with Crippen molar-refractivity contribution >= 4 is 5.91 Å². The molecular formula is C23H25N3O2. The SMILES string of the molecule is N#Cc1cccc(C(=O)N2CCC(c3ccccc3)(N3CCOCC3)CC2)c1. The van der Waals surface area contributed by atoms with E-state index in [1.165, 1.54) is 5.56 Å². The van der Waals surface area contributed by atoms with Crippen LogP contribution in [0.4, 0.5) is 0 Å². The first-order chi connectivity index (χ1) is 13.7. The summed E-state index contributed by atoms with van der Waals surface area (Å²) in [5, 5.41) is 9.10. The minimum Gasteiger partial charge on any atom is -0.379 e. The molecule has 2 aromatic rings. The van der Waals surface area contributed by atoms with Crippen molar-refractivity contribution < 1.29 is 9.53 Å². The zero-order valence-corrected chi connectivity index (χ0v) is 16.0. The van der Waals surface area contributed by atoms with Gasteiger partial charge >= 0.3 is 0 Å². The molecule has 0 saturated carbocycles. The molecule has 2 heterocycles. The molecule has 2 fully saturated rings. The summed E-state index contributed by atoms with van der Waals surface area (Å²) >= 11 is 0. The van der Waals surface area contributed by atoms with Crippen LogP contribution in [-0.4, -0.2) is 55.1 Å². The summed E-state index contributed by atoms with van der Waals surface area (Å²) in [6, 6.07) is 19.8. The van der Waals surface area contributed by atoms with Gasteiger partial charge in [0.2, 0.25) is 0 Å². The monoisotopic (exact) mass is 375 g/mol. The van der Waals surface area contributed by atoms with Crippen LogP contribution in [0, 0.1) is 11.3 Å². The molecule has 2 aliphatic heterocycles. The maximum Gasteiger partial charge on any atom is 0.253 e. The van der Waals surface area contributed by atoms with Gasteiger partial charge in [0.15, 0.2) is 0 Å². The molecule has 0 atom stereocenters. The summed E-state index contributed by atoms with van der Waals surface area (Å²) in [6.45, 7) is 4.79. The molecule has 2 aliphatic rings. The van der Waals surface area contributed by atoms with Crippen molar-refractivity contribution in [3.8, 4) is 6.07 Å². The molecule has 5 nitrogen and oxygen atoms in total. The van der Waals surface area contributed by atoms with Gasteiger partial charge in [-0.3, -0.25) is 9.69 Å². The number of nitrogens with zero attached hydrogens (tertiary/aromatic N) is 3. The molecule has 5 heteroatoms. The summed E-state index contributed by atoms with van der Waals surface area (Å²) in [4.78, 5) is 17.4. The minimum atomic E-state index is -0.0453. The van der Waals surface area contributed by atoms with E-state index < -0.39 is 0 Å². The van der Waals surface area contributed by atoms with E-state index in [4.69, 9.17) is 10.00 Å². The molecule has 144 valence electrons. The Balaban J connectivity index is 1.55. The Morgan fingerprint density at radius 3 is 2.36 bits per heavy atom. The van der Waals surface area contributed by atoms with Crippen molar-refractivity contribution in [3.63, 3.8) is 0 Å². The van der Waals surface area contributed by atoms with E-state index in [2.05, 4.69) is 41.3 Å². The number of nitriles is 1. The van der Waals surface area contributed by atoms with Crippen LogP contribution in [0.1, 0.15) is 34.3 Å². The summed E-state index contributed by atoms with van der Waals surface area (Å²) in [5.41, 5.74) is 2.40. The van der Waals surface area contributed by atoms with Gasteiger partial charge in [-0.2, -0.15) is 5.26 Å². The third kappa shape index (κ3) is 3.54. The molecule has 0 aromatic heterocycles. The fourth-order valence-corrected chi connectivity index (χ4v) is 4.51. The number of hydrogen-bond acceptors (Lipinski definition) is 4. The van der Waals surface area contributed by atoms with E-state index in [0.717, 1.165) is 39.1 Å². The lowest BCUT2D eigenvalue weighted by Gasteiger charge is -2.50. The number of morpholine rings is 1. The van der Waals surface area contributed by atoms with E-state index in [9.17, 15) is 4.79 Å². The van der Waals surface area contributed by atoms with Crippen molar-refractivity contribution in [3.05, 3.63) is 71.3 Å². The molecule has 28 heavy (non-hydrogen) atoms. The highest BCUT2D eigenvalue weighted by Gasteiger charge is 2.42. The Kier molecular flexibility index (Phi) is 5.43. The summed E-state index contributed by atoms with van der Waals surface area (Å²) < 4.78 is 5.58. The molecule has 0 bridgehead atoms. The fourth-order valence-electron chi connectivity index (χ4n) is 4.51. The van der Waals surface area contributed by atoms with Gasteiger partial charge in [-0.05, 0) is 36.6 Å². The first-order valence-corrected chi connectivity index (χ1v) is 9.91. The average molecular weight is 375 g/mol. The number of hydrogen-bond donors (Lipinski definition) is 0. The molecule has 2 aromatic carbocycles. The van der Waals surface area contributed by atoms with E-state index >= 15 is 0 Å². The number of rotatable bonds is 3. The number of amides is 1. The van der Waals surface area contributed by atoms with E-state index in [-0.39, 0.29) is 11.4 Å². The summed E-state index contributed by atoms with van der Waals surface area (Å²) in [6.07, 6.45) is 1.81. The molecule has 0 N–H and O–H groups in total. The number of carbonyl (C=O) groups excluding carboxylic acids is 1. The zero-order valence-electron chi connectivity index (χ0n) is 16.0. The smallest absolute Gasteiger partial charge is 0.253 e. The molecular weight excluding hydrogens is 350 g/mol. The zero-order chi connectivity index (χ0) is 19.4. The second kappa shape index (κ2) is 8.14. The average Bonchev–Trinajstić information content (AvgIpc) is 2.80. The Hall–Kier alpha value is -2.68. The van der Waals surface area contributed by atoms with Gasteiger partial charge in [0.05, 0.1) is 24.8 Å². The van der Waals surface area contributed by atoms with Crippen LogP contribution in [0.2, 0.25) is 0 Å². The van der Waals surface area contributed by atoms with Crippen molar-refractivity contribution in [2.24, 2.45) is 0 Å². The van der Waals surface area contributed by atoms with Crippen LogP contribution >= 0.6 is 0 Å². The van der Waals surface area contributed by atoms with Crippen LogP contribution in [0.15, 0.2) is 54.6 Å². The Bertz CT molecular complexity index is 861. The number of benzene rings is 2. The van der Waals surface area contributed by atoms with Gasteiger partial charge in [-0.1, -0.05) is 36.4 Å². The van der Waals surface area contributed by atoms with Crippen molar-refractivity contribution in [2.75, 3.05) is 39.4 Å². The van der Waals surface area contributed by atoms with Gasteiger partial charge in [-0.25, -0.2) is 0 Å². The van der Waals surface area contributed by atoms with Crippen molar-refractivity contribution in [1.82, 2.24) is 9.80 Å². The first kappa shape index (κ1) is 18.7. The van der Waals surface area contributed by atoms with Crippen LogP contribution in [0.3, 0.4) is 0 Å². The lowest BCUT2D eigenvalue weighted by Crippen LogP contribution is -2.57. The largest absolute Gasteiger partial charge is 0.379 e. The second-order valence-corrected chi connectivity index (χ2v) is 7.48. The highest BCUT2D eigenvalue weighted by atomic mass is 16.5. The predicted octanol–water partition coefficient (Wildman–Crippen LogP) is 3.02. The minimum absolute atomic E-state index is 0.0146. The van der Waals surface area contributed by atoms with E-state index in [1.54, 1.807) is 24.3 Å². The number of likely N-dealkylation sites (tertiary alicyclic amines) is 1. The molecule has 0 radical (unpaired) electrons. The lowest BCUT2D eigenvalue weighted by molar-refractivity contribution is -0.0482. The molecule has 0 aliphatic carbocycles. The third-order valence-corrected chi connectivity index (χ3v) is 6.04. The van der Waals surface area contributed by atoms with Crippen LogP contribution in [0.5, 0.6) is 0 Å². The van der Waals surface area contributed by atoms with Crippen molar-refractivity contribution in [2.45, 2.75) is 18.4 Å². The molecule has 0 unspecified atom stereocenters. The lowest BCUT2D eigenvalue weighted by atomic mass is 9.78. The quantitative estimate of drug-likeness (QED) is 0.828. The normalized spacial score (nSPS) is 19.8. The van der Waals surface area contributed by atoms with E-state index in [0.29, 0.717) is 24.2 Å². The molecule has 4 rings (SSSR count). The predicted molar refractivity (Wildman–Crippen MR) is 107 cm³/mol. The van der Waals surface area contributed by atoms with Gasteiger partial charge in [-0.15, -0.1) is 0 Å². The maximum absolute atomic E-state index is 13.0. The van der Waals surface area contributed by atoms with Crippen LogP contribution < -0.4 is 0 Å². The first-order valence-electron chi connectivity index (χ1n) is 9.91. The van der Waals surface area contributed by atoms with Crippen LogP contribution in [-0.2, 0) is 10.3 Å². The number of ether oxygens (including phenoxy) is 1. The molecule has 0 spiro atoms.